The lowest BCUT2D eigenvalue weighted by Gasteiger charge is -2.25. The van der Waals surface area contributed by atoms with Crippen molar-refractivity contribution >= 4 is 41.6 Å². The molecule has 0 spiro atoms. The molecule has 20 N–H and O–H groups in total. The highest BCUT2D eigenvalue weighted by atomic mass is 16.4. The molecule has 19 nitrogen and oxygen atoms in total. The van der Waals surface area contributed by atoms with E-state index in [1.165, 1.54) is 0 Å². The second-order valence-corrected chi connectivity index (χ2v) is 9.86. The van der Waals surface area contributed by atoms with Crippen LogP contribution in [0.3, 0.4) is 0 Å². The van der Waals surface area contributed by atoms with Crippen LogP contribution in [0.1, 0.15) is 57.8 Å². The number of hydrogen-bond donors (Lipinski definition) is 15. The number of rotatable bonds is 23. The Morgan fingerprint density at radius 3 is 1.35 bits per heavy atom. The Kier molecular flexibility index (Phi) is 20.0. The minimum atomic E-state index is -1.23. The third-order valence-electron chi connectivity index (χ3n) is 6.14. The van der Waals surface area contributed by atoms with E-state index >= 15 is 0 Å². The van der Waals surface area contributed by atoms with Gasteiger partial charge in [0.05, 0.1) is 6.04 Å². The predicted molar refractivity (Wildman–Crippen MR) is 162 cm³/mol. The van der Waals surface area contributed by atoms with Gasteiger partial charge in [-0.1, -0.05) is 0 Å². The van der Waals surface area contributed by atoms with Gasteiger partial charge in [0, 0.05) is 19.6 Å². The van der Waals surface area contributed by atoms with E-state index in [1.54, 1.807) is 0 Å². The molecule has 3 amide bonds. The van der Waals surface area contributed by atoms with Gasteiger partial charge in [0.2, 0.25) is 17.7 Å². The van der Waals surface area contributed by atoms with E-state index in [0.29, 0.717) is 45.2 Å². The Balaban J connectivity index is 5.65. The number of guanidine groups is 3. The molecule has 0 saturated carbocycles. The van der Waals surface area contributed by atoms with Gasteiger partial charge in [-0.3, -0.25) is 30.6 Å². The number of hydrogen-bond acceptors (Lipinski definition) is 9. The fourth-order valence-electron chi connectivity index (χ4n) is 3.85. The fourth-order valence-corrected chi connectivity index (χ4v) is 3.85. The van der Waals surface area contributed by atoms with Crippen molar-refractivity contribution in [1.82, 2.24) is 31.9 Å². The number of carbonyl (C=O) groups excluding carboxylic acids is 3. The molecule has 4 atom stereocenters. The first-order chi connectivity index (χ1) is 20.3. The summed E-state index contributed by atoms with van der Waals surface area (Å²) in [5.74, 6) is -4.02. The van der Waals surface area contributed by atoms with E-state index in [0.717, 1.165) is 0 Å². The predicted octanol–water partition coefficient (Wildman–Crippen LogP) is -4.23. The van der Waals surface area contributed by atoms with Crippen molar-refractivity contribution in [2.24, 2.45) is 28.7 Å². The summed E-state index contributed by atoms with van der Waals surface area (Å²) in [6, 6.07) is -4.45. The van der Waals surface area contributed by atoms with Gasteiger partial charge in [0.25, 0.3) is 0 Å². The summed E-state index contributed by atoms with van der Waals surface area (Å²) in [4.78, 5) is 51.1. The number of amides is 3. The topological polar surface area (TPSA) is 362 Å². The minimum Gasteiger partial charge on any atom is -0.480 e. The summed E-state index contributed by atoms with van der Waals surface area (Å²) in [6.07, 6.45) is 2.65. The van der Waals surface area contributed by atoms with Crippen molar-refractivity contribution in [3.05, 3.63) is 0 Å². The van der Waals surface area contributed by atoms with Crippen molar-refractivity contribution in [1.29, 1.82) is 16.2 Å². The highest BCUT2D eigenvalue weighted by Crippen LogP contribution is 2.06. The van der Waals surface area contributed by atoms with Crippen molar-refractivity contribution in [2.75, 3.05) is 26.2 Å². The highest BCUT2D eigenvalue weighted by Gasteiger charge is 2.30. The SMILES string of the molecule is N=C(N)NCCC[C@H](NC(=O)[C@@H](CCCNC(=N)N)NC(=O)[C@@H](N)CCCNC(=N)N)C(=O)N[C@@H](CCCCN)C(=O)O. The average molecular weight is 615 g/mol. The number of nitrogens with one attached hydrogen (secondary N) is 9. The number of carbonyl (C=O) groups is 4. The Hall–Kier alpha value is -4.39. The zero-order valence-corrected chi connectivity index (χ0v) is 24.5. The maximum Gasteiger partial charge on any atom is 0.326 e. The van der Waals surface area contributed by atoms with E-state index < -0.39 is 47.9 Å². The van der Waals surface area contributed by atoms with Gasteiger partial charge in [-0.2, -0.15) is 0 Å². The van der Waals surface area contributed by atoms with Gasteiger partial charge >= 0.3 is 5.97 Å². The van der Waals surface area contributed by atoms with Crippen LogP contribution in [0.15, 0.2) is 0 Å². The molecule has 246 valence electrons. The molecule has 0 rings (SSSR count). The molecule has 0 aliphatic heterocycles. The monoisotopic (exact) mass is 614 g/mol. The second kappa shape index (κ2) is 22.2. The molecule has 0 radical (unpaired) electrons. The Bertz CT molecular complexity index is 934. The fraction of sp³-hybridized carbons (Fsp3) is 0.708. The maximum absolute atomic E-state index is 13.4. The molecule has 0 aromatic heterocycles. The molecule has 0 bridgehead atoms. The first-order valence-corrected chi connectivity index (χ1v) is 14.1. The number of carboxylic acid groups (broad SMARTS) is 1. The van der Waals surface area contributed by atoms with Crippen molar-refractivity contribution in [3.63, 3.8) is 0 Å². The Labute approximate surface area is 251 Å². The first-order valence-electron chi connectivity index (χ1n) is 14.1. The molecule has 0 aromatic carbocycles. The van der Waals surface area contributed by atoms with Gasteiger partial charge in [-0.05, 0) is 64.3 Å². The van der Waals surface area contributed by atoms with Gasteiger partial charge < -0.3 is 65.7 Å². The summed E-state index contributed by atoms with van der Waals surface area (Å²) < 4.78 is 0. The lowest BCUT2D eigenvalue weighted by atomic mass is 10.0. The largest absolute Gasteiger partial charge is 0.480 e. The Morgan fingerprint density at radius 1 is 0.581 bits per heavy atom. The molecule has 0 unspecified atom stereocenters. The van der Waals surface area contributed by atoms with Crippen molar-refractivity contribution in [2.45, 2.75) is 82.0 Å². The number of unbranched alkanes of at least 4 members (excludes halogenated alkanes) is 1. The summed E-state index contributed by atoms with van der Waals surface area (Å²) in [5, 5.41) is 46.8. The molecular weight excluding hydrogens is 564 g/mol. The van der Waals surface area contributed by atoms with Crippen LogP contribution in [0.2, 0.25) is 0 Å². The molecule has 43 heavy (non-hydrogen) atoms. The zero-order chi connectivity index (χ0) is 32.8. The lowest BCUT2D eigenvalue weighted by molar-refractivity contribution is -0.142. The van der Waals surface area contributed by atoms with Gasteiger partial charge in [-0.15, -0.1) is 0 Å². The van der Waals surface area contributed by atoms with Gasteiger partial charge in [-0.25, -0.2) is 4.79 Å². The lowest BCUT2D eigenvalue weighted by Crippen LogP contribution is -2.57. The highest BCUT2D eigenvalue weighted by molar-refractivity contribution is 5.94. The van der Waals surface area contributed by atoms with Crippen LogP contribution in [0.25, 0.3) is 0 Å². The summed E-state index contributed by atoms with van der Waals surface area (Å²) in [6.45, 7) is 1.16. The van der Waals surface area contributed by atoms with E-state index in [4.69, 9.17) is 44.9 Å². The van der Waals surface area contributed by atoms with Crippen LogP contribution in [-0.2, 0) is 19.2 Å². The molecule has 0 aliphatic rings. The molecule has 0 fully saturated rings. The van der Waals surface area contributed by atoms with Crippen molar-refractivity contribution in [3.8, 4) is 0 Å². The standard InChI is InChI=1S/C24H50N14O5/c25-10-2-1-7-17(21(42)43)38-20(41)16(9-5-13-35-24(31)32)37-19(40)15(8-4-12-34-23(29)30)36-18(39)14(26)6-3-11-33-22(27)28/h14-17H,1-13,25-26H2,(H,36,39)(H,37,40)(H,38,41)(H,42,43)(H4,27,28,33)(H4,29,30,34)(H4,31,32,35)/t14-,15+,16-,17-/m0/s1. The number of nitrogens with two attached hydrogens (primary N) is 5. The third kappa shape index (κ3) is 19.4. The van der Waals surface area contributed by atoms with E-state index in [2.05, 4.69) is 31.9 Å². The molecule has 0 aromatic rings. The van der Waals surface area contributed by atoms with Gasteiger partial charge in [0.1, 0.15) is 18.1 Å². The molecule has 19 heteroatoms. The number of aliphatic carboxylic acids is 1. The maximum atomic E-state index is 13.4. The van der Waals surface area contributed by atoms with E-state index in [-0.39, 0.29) is 56.7 Å². The first kappa shape index (κ1) is 38.6. The normalized spacial score (nSPS) is 13.3. The molecule has 0 heterocycles. The van der Waals surface area contributed by atoms with Crippen LogP contribution in [0.4, 0.5) is 0 Å². The second-order valence-electron chi connectivity index (χ2n) is 9.86. The smallest absolute Gasteiger partial charge is 0.326 e. The summed E-state index contributed by atoms with van der Waals surface area (Å²) in [5.41, 5.74) is 27.3. The van der Waals surface area contributed by atoms with Crippen molar-refractivity contribution < 1.29 is 24.3 Å². The van der Waals surface area contributed by atoms with Crippen LogP contribution in [0.5, 0.6) is 0 Å². The number of carboxylic acids is 1. The molecule has 0 aliphatic carbocycles. The summed E-state index contributed by atoms with van der Waals surface area (Å²) in [7, 11) is 0. The van der Waals surface area contributed by atoms with E-state index in [1.807, 2.05) is 0 Å². The summed E-state index contributed by atoms with van der Waals surface area (Å²) >= 11 is 0. The molecular formula is C24H50N14O5. The quantitative estimate of drug-likeness (QED) is 0.0295. The molecule has 0 saturated heterocycles. The Morgan fingerprint density at radius 2 is 0.953 bits per heavy atom. The van der Waals surface area contributed by atoms with E-state index in [9.17, 15) is 24.3 Å². The van der Waals surface area contributed by atoms with Gasteiger partial charge in [0.15, 0.2) is 17.9 Å². The van der Waals surface area contributed by atoms with Crippen LogP contribution < -0.4 is 60.6 Å². The minimum absolute atomic E-state index is 0.0716. The zero-order valence-electron chi connectivity index (χ0n) is 24.5. The van der Waals surface area contributed by atoms with Crippen LogP contribution in [-0.4, -0.2) is 97.0 Å². The van der Waals surface area contributed by atoms with Crippen LogP contribution in [0, 0.1) is 16.2 Å². The third-order valence-corrected chi connectivity index (χ3v) is 6.14. The van der Waals surface area contributed by atoms with Crippen LogP contribution >= 0.6 is 0 Å². The average Bonchev–Trinajstić information content (AvgIpc) is 2.92.